The van der Waals surface area contributed by atoms with Crippen molar-refractivity contribution < 1.29 is 4.79 Å². The number of aromatic nitrogens is 3. The van der Waals surface area contributed by atoms with Crippen molar-refractivity contribution in [2.45, 2.75) is 64.8 Å². The van der Waals surface area contributed by atoms with E-state index in [1.807, 2.05) is 11.6 Å². The quantitative estimate of drug-likeness (QED) is 0.846. The minimum atomic E-state index is -0.172. The Morgan fingerprint density at radius 1 is 1.10 bits per heavy atom. The fourth-order valence-electron chi connectivity index (χ4n) is 5.12. The van der Waals surface area contributed by atoms with Crippen LogP contribution in [0.3, 0.4) is 0 Å². The van der Waals surface area contributed by atoms with Gasteiger partial charge in [0, 0.05) is 24.7 Å². The Bertz CT molecular complexity index is 938. The summed E-state index contributed by atoms with van der Waals surface area (Å²) < 4.78 is 2.01. The maximum Gasteiger partial charge on any atom is 0.254 e. The van der Waals surface area contributed by atoms with Gasteiger partial charge in [-0.1, -0.05) is 0 Å². The number of carbonyl (C=O) groups is 1. The highest BCUT2D eigenvalue weighted by molar-refractivity contribution is 6.06. The van der Waals surface area contributed by atoms with E-state index in [1.54, 1.807) is 0 Å². The van der Waals surface area contributed by atoms with Crippen LogP contribution in [0.25, 0.3) is 11.0 Å². The number of hydrogen-bond acceptors (Lipinski definition) is 4. The van der Waals surface area contributed by atoms with Gasteiger partial charge in [0.1, 0.15) is 0 Å². The Balaban J connectivity index is 1.56. The molecule has 2 aromatic heterocycles. The van der Waals surface area contributed by atoms with Crippen molar-refractivity contribution in [3.8, 4) is 0 Å². The van der Waals surface area contributed by atoms with Gasteiger partial charge < -0.3 is 10.2 Å². The zero-order valence-electron chi connectivity index (χ0n) is 18.2. The fraction of sp³-hybridized carbons (Fsp3) is 0.696. The number of pyridine rings is 1. The predicted molar refractivity (Wildman–Crippen MR) is 114 cm³/mol. The number of nitrogens with zero attached hydrogens (tertiary/aromatic N) is 4. The molecule has 0 radical (unpaired) electrons. The van der Waals surface area contributed by atoms with Gasteiger partial charge >= 0.3 is 0 Å². The van der Waals surface area contributed by atoms with Crippen LogP contribution in [0.1, 0.15) is 74.1 Å². The van der Waals surface area contributed by atoms with E-state index < -0.39 is 0 Å². The van der Waals surface area contributed by atoms with E-state index >= 15 is 0 Å². The molecule has 1 aliphatic carbocycles. The van der Waals surface area contributed by atoms with Crippen molar-refractivity contribution in [1.82, 2.24) is 25.0 Å². The highest BCUT2D eigenvalue weighted by Crippen LogP contribution is 2.41. The van der Waals surface area contributed by atoms with Crippen LogP contribution < -0.4 is 5.32 Å². The molecular formula is C23H33N5O. The molecule has 6 heteroatoms. The van der Waals surface area contributed by atoms with Gasteiger partial charge in [-0.3, -0.25) is 4.79 Å². The molecule has 0 bridgehead atoms. The van der Waals surface area contributed by atoms with Crippen LogP contribution in [0, 0.1) is 18.8 Å². The monoisotopic (exact) mass is 395 g/mol. The Hall–Kier alpha value is -1.95. The Labute approximate surface area is 173 Å². The first kappa shape index (κ1) is 19.0. The molecule has 3 fully saturated rings. The Kier molecular flexibility index (Phi) is 4.46. The van der Waals surface area contributed by atoms with E-state index in [0.717, 1.165) is 78.8 Å². The van der Waals surface area contributed by atoms with Gasteiger partial charge in [-0.15, -0.1) is 0 Å². The predicted octanol–water partition coefficient (Wildman–Crippen LogP) is 3.44. The molecule has 2 saturated heterocycles. The third kappa shape index (κ3) is 3.35. The summed E-state index contributed by atoms with van der Waals surface area (Å²) >= 11 is 0. The molecule has 156 valence electrons. The number of carbonyl (C=O) groups excluding carboxylic acids is 1. The van der Waals surface area contributed by atoms with Gasteiger partial charge in [0.15, 0.2) is 5.65 Å². The van der Waals surface area contributed by atoms with Crippen molar-refractivity contribution in [3.05, 3.63) is 23.0 Å². The molecule has 3 aliphatic rings. The lowest BCUT2D eigenvalue weighted by atomic mass is 9.92. The molecule has 2 atom stereocenters. The van der Waals surface area contributed by atoms with Crippen molar-refractivity contribution in [1.29, 1.82) is 0 Å². The van der Waals surface area contributed by atoms with Crippen molar-refractivity contribution >= 4 is 16.9 Å². The van der Waals surface area contributed by atoms with E-state index in [9.17, 15) is 4.79 Å². The number of amides is 1. The van der Waals surface area contributed by atoms with Crippen LogP contribution in [0.5, 0.6) is 0 Å². The molecular weight excluding hydrogens is 362 g/mol. The molecule has 2 aliphatic heterocycles. The second-order valence-electron chi connectivity index (χ2n) is 10.3. The SMILES string of the molecule is Cc1nn(C(C)(C)C)c2nc(C3CC3)cc(C(=O)N3CC[C@@H]4CNC[C@@H]4CC3)c12. The molecule has 1 saturated carbocycles. The summed E-state index contributed by atoms with van der Waals surface area (Å²) in [5, 5.41) is 9.28. The normalized spacial score (nSPS) is 25.3. The average Bonchev–Trinajstić information content (AvgIpc) is 3.39. The summed E-state index contributed by atoms with van der Waals surface area (Å²) in [7, 11) is 0. The first-order valence-electron chi connectivity index (χ1n) is 11.2. The summed E-state index contributed by atoms with van der Waals surface area (Å²) in [5.74, 6) is 2.11. The summed E-state index contributed by atoms with van der Waals surface area (Å²) in [4.78, 5) is 20.8. The second kappa shape index (κ2) is 6.79. The fourth-order valence-corrected chi connectivity index (χ4v) is 5.12. The van der Waals surface area contributed by atoms with E-state index in [-0.39, 0.29) is 11.4 Å². The molecule has 29 heavy (non-hydrogen) atoms. The van der Waals surface area contributed by atoms with E-state index in [2.05, 4.69) is 37.1 Å². The van der Waals surface area contributed by atoms with Gasteiger partial charge in [0.25, 0.3) is 5.91 Å². The van der Waals surface area contributed by atoms with Crippen molar-refractivity contribution in [3.63, 3.8) is 0 Å². The molecule has 4 heterocycles. The topological polar surface area (TPSA) is 63.1 Å². The molecule has 5 rings (SSSR count). The summed E-state index contributed by atoms with van der Waals surface area (Å²) in [6, 6.07) is 2.08. The standard InChI is InChI=1S/C23H33N5O/c1-14-20-18(22(29)27-9-7-16-12-24-13-17(16)8-10-27)11-19(15-5-6-15)25-21(20)28(26-14)23(2,3)4/h11,15-17,24H,5-10,12-13H2,1-4H3/t16-,17+. The maximum absolute atomic E-state index is 13.7. The molecule has 0 spiro atoms. The molecule has 0 unspecified atom stereocenters. The lowest BCUT2D eigenvalue weighted by Gasteiger charge is -2.23. The van der Waals surface area contributed by atoms with Gasteiger partial charge in [-0.05, 0) is 84.4 Å². The Morgan fingerprint density at radius 2 is 1.76 bits per heavy atom. The number of nitrogens with one attached hydrogen (secondary N) is 1. The van der Waals surface area contributed by atoms with Crippen LogP contribution >= 0.6 is 0 Å². The third-order valence-corrected chi connectivity index (χ3v) is 7.00. The van der Waals surface area contributed by atoms with Crippen LogP contribution in [0.2, 0.25) is 0 Å². The first-order valence-corrected chi connectivity index (χ1v) is 11.2. The lowest BCUT2D eigenvalue weighted by Crippen LogP contribution is -2.33. The van der Waals surface area contributed by atoms with Crippen LogP contribution in [-0.2, 0) is 5.54 Å². The number of rotatable bonds is 2. The smallest absolute Gasteiger partial charge is 0.254 e. The van der Waals surface area contributed by atoms with Crippen molar-refractivity contribution in [2.24, 2.45) is 11.8 Å². The van der Waals surface area contributed by atoms with E-state index in [1.165, 1.54) is 12.8 Å². The highest BCUT2D eigenvalue weighted by atomic mass is 16.2. The number of likely N-dealkylation sites (tertiary alicyclic amines) is 1. The van der Waals surface area contributed by atoms with Gasteiger partial charge in [-0.25, -0.2) is 9.67 Å². The molecule has 1 N–H and O–H groups in total. The van der Waals surface area contributed by atoms with Gasteiger partial charge in [0.2, 0.25) is 0 Å². The first-order chi connectivity index (χ1) is 13.8. The second-order valence-corrected chi connectivity index (χ2v) is 10.3. The molecule has 1 amide bonds. The number of fused-ring (bicyclic) bond motifs is 2. The maximum atomic E-state index is 13.7. The highest BCUT2D eigenvalue weighted by Gasteiger charge is 2.34. The molecule has 0 aromatic carbocycles. The largest absolute Gasteiger partial charge is 0.339 e. The zero-order chi connectivity index (χ0) is 20.3. The van der Waals surface area contributed by atoms with E-state index in [4.69, 9.17) is 10.1 Å². The minimum absolute atomic E-state index is 0.170. The van der Waals surface area contributed by atoms with Crippen molar-refractivity contribution in [2.75, 3.05) is 26.2 Å². The third-order valence-electron chi connectivity index (χ3n) is 7.00. The summed E-state index contributed by atoms with van der Waals surface area (Å²) in [6.07, 6.45) is 4.56. The zero-order valence-corrected chi connectivity index (χ0v) is 18.2. The summed E-state index contributed by atoms with van der Waals surface area (Å²) in [6.45, 7) is 12.4. The van der Waals surface area contributed by atoms with Gasteiger partial charge in [-0.2, -0.15) is 5.10 Å². The minimum Gasteiger partial charge on any atom is -0.339 e. The van der Waals surface area contributed by atoms with Crippen LogP contribution in [0.4, 0.5) is 0 Å². The Morgan fingerprint density at radius 3 is 2.34 bits per heavy atom. The number of hydrogen-bond donors (Lipinski definition) is 1. The lowest BCUT2D eigenvalue weighted by molar-refractivity contribution is 0.0760. The molecule has 2 aromatic rings. The molecule has 6 nitrogen and oxygen atoms in total. The van der Waals surface area contributed by atoms with Crippen LogP contribution in [0.15, 0.2) is 6.07 Å². The number of aryl methyl sites for hydroxylation is 1. The van der Waals surface area contributed by atoms with Crippen LogP contribution in [-0.4, -0.2) is 51.8 Å². The van der Waals surface area contributed by atoms with E-state index in [0.29, 0.717) is 5.92 Å². The summed E-state index contributed by atoms with van der Waals surface area (Å²) in [5.41, 5.74) is 3.49. The average molecular weight is 396 g/mol. The van der Waals surface area contributed by atoms with Gasteiger partial charge in [0.05, 0.1) is 22.2 Å².